The second-order valence-electron chi connectivity index (χ2n) is 8.61. The maximum atomic E-state index is 12.4. The van der Waals surface area contributed by atoms with E-state index in [2.05, 4.69) is 51.7 Å². The Hall–Kier alpha value is -0.910. The summed E-state index contributed by atoms with van der Waals surface area (Å²) in [6.45, 7) is 6.56. The Morgan fingerprint density at radius 1 is 1.23 bits per heavy atom. The van der Waals surface area contributed by atoms with Crippen LogP contribution < -0.4 is 10.6 Å². The maximum Gasteiger partial charge on any atom is 0.191 e. The maximum absolute atomic E-state index is 12.4. The van der Waals surface area contributed by atoms with Crippen molar-refractivity contribution < 1.29 is 13.2 Å². The highest BCUT2D eigenvalue weighted by atomic mass is 127. The third-order valence-electron chi connectivity index (χ3n) is 6.58. The summed E-state index contributed by atoms with van der Waals surface area (Å²) in [5, 5.41) is 6.78. The van der Waals surface area contributed by atoms with Gasteiger partial charge in [-0.25, -0.2) is 8.42 Å². The third-order valence-corrected chi connectivity index (χ3v) is 8.70. The fraction of sp³-hybridized carbons (Fsp3) is 0.682. The quantitative estimate of drug-likeness (QED) is 0.314. The number of hydrogen-bond acceptors (Lipinski definition) is 5. The van der Waals surface area contributed by atoms with Gasteiger partial charge in [0.15, 0.2) is 15.8 Å². The van der Waals surface area contributed by atoms with Crippen molar-refractivity contribution in [1.29, 1.82) is 0 Å². The first kappa shape index (κ1) is 26.3. The number of aliphatic imine (C=N–C) groups is 1. The zero-order valence-electron chi connectivity index (χ0n) is 18.9. The number of aryl methyl sites for hydroxylation is 1. The molecule has 2 fully saturated rings. The number of guanidine groups is 1. The van der Waals surface area contributed by atoms with Crippen LogP contribution in [0.1, 0.15) is 36.8 Å². The number of nitrogens with zero attached hydrogens (tertiary/aromatic N) is 2. The topological polar surface area (TPSA) is 83.0 Å². The van der Waals surface area contributed by atoms with E-state index in [0.717, 1.165) is 32.5 Å². The molecule has 0 unspecified atom stereocenters. The Kier molecular flexibility index (Phi) is 10.0. The highest BCUT2D eigenvalue weighted by Gasteiger charge is 2.42. The molecule has 2 aliphatic heterocycles. The van der Waals surface area contributed by atoms with E-state index in [4.69, 9.17) is 4.74 Å². The SMILES string of the molecule is CN=C(NCC1(S(C)(=O)=O)CCOCC1)NC1CCN(Cc2ccccc2C)CC1.I. The van der Waals surface area contributed by atoms with Crippen molar-refractivity contribution in [3.63, 3.8) is 0 Å². The second-order valence-corrected chi connectivity index (χ2v) is 11.0. The summed E-state index contributed by atoms with van der Waals surface area (Å²) in [5.41, 5.74) is 2.74. The molecule has 0 saturated carbocycles. The van der Waals surface area contributed by atoms with Crippen molar-refractivity contribution in [3.8, 4) is 0 Å². The fourth-order valence-corrected chi connectivity index (χ4v) is 5.56. The fourth-order valence-electron chi connectivity index (χ4n) is 4.32. The van der Waals surface area contributed by atoms with Gasteiger partial charge in [0.05, 0.1) is 4.75 Å². The van der Waals surface area contributed by atoms with Crippen LogP contribution in [0.2, 0.25) is 0 Å². The Morgan fingerprint density at radius 3 is 2.45 bits per heavy atom. The first-order valence-electron chi connectivity index (χ1n) is 10.8. The molecule has 0 spiro atoms. The molecule has 1 aromatic carbocycles. The van der Waals surface area contributed by atoms with Crippen LogP contribution in [-0.2, 0) is 21.1 Å². The Labute approximate surface area is 204 Å². The average molecular weight is 565 g/mol. The normalized spacial score (nSPS) is 20.7. The summed E-state index contributed by atoms with van der Waals surface area (Å²) in [4.78, 5) is 6.83. The molecule has 0 atom stereocenters. The van der Waals surface area contributed by atoms with Gasteiger partial charge in [0.2, 0.25) is 0 Å². The van der Waals surface area contributed by atoms with E-state index in [-0.39, 0.29) is 24.0 Å². The Morgan fingerprint density at radius 2 is 1.87 bits per heavy atom. The van der Waals surface area contributed by atoms with Crippen LogP contribution in [0, 0.1) is 6.92 Å². The highest BCUT2D eigenvalue weighted by Crippen LogP contribution is 2.28. The molecule has 3 rings (SSSR count). The van der Waals surface area contributed by atoms with Crippen molar-refractivity contribution >= 4 is 39.8 Å². The lowest BCUT2D eigenvalue weighted by Crippen LogP contribution is -2.55. The van der Waals surface area contributed by atoms with Crippen molar-refractivity contribution in [3.05, 3.63) is 35.4 Å². The van der Waals surface area contributed by atoms with Gasteiger partial charge in [0.1, 0.15) is 0 Å². The van der Waals surface area contributed by atoms with Crippen LogP contribution in [0.4, 0.5) is 0 Å². The van der Waals surface area contributed by atoms with E-state index < -0.39 is 14.6 Å². The van der Waals surface area contributed by atoms with Crippen LogP contribution >= 0.6 is 24.0 Å². The number of hydrogen-bond donors (Lipinski definition) is 2. The van der Waals surface area contributed by atoms with Gasteiger partial charge in [0, 0.05) is 58.7 Å². The van der Waals surface area contributed by atoms with Crippen molar-refractivity contribution in [2.45, 2.75) is 49.9 Å². The van der Waals surface area contributed by atoms with Gasteiger partial charge in [-0.05, 0) is 43.7 Å². The summed E-state index contributed by atoms with van der Waals surface area (Å²) >= 11 is 0. The smallest absolute Gasteiger partial charge is 0.191 e. The van der Waals surface area contributed by atoms with Crippen LogP contribution in [-0.4, -0.2) is 76.2 Å². The molecule has 2 saturated heterocycles. The summed E-state index contributed by atoms with van der Waals surface area (Å²) < 4.78 is 29.5. The summed E-state index contributed by atoms with van der Waals surface area (Å²) in [6.07, 6.45) is 4.45. The minimum Gasteiger partial charge on any atom is -0.381 e. The number of piperidine rings is 1. The van der Waals surface area contributed by atoms with Crippen LogP contribution in [0.25, 0.3) is 0 Å². The number of ether oxygens (including phenoxy) is 1. The molecule has 31 heavy (non-hydrogen) atoms. The zero-order valence-corrected chi connectivity index (χ0v) is 22.0. The lowest BCUT2D eigenvalue weighted by atomic mass is 9.99. The molecule has 2 heterocycles. The molecule has 0 aromatic heterocycles. The molecule has 0 amide bonds. The van der Waals surface area contributed by atoms with Gasteiger partial charge in [-0.1, -0.05) is 24.3 Å². The molecular weight excluding hydrogens is 527 g/mol. The number of likely N-dealkylation sites (tertiary alicyclic amines) is 1. The largest absolute Gasteiger partial charge is 0.381 e. The van der Waals surface area contributed by atoms with Gasteiger partial charge in [0.25, 0.3) is 0 Å². The summed E-state index contributed by atoms with van der Waals surface area (Å²) in [6, 6.07) is 8.91. The van der Waals surface area contributed by atoms with Crippen LogP contribution in [0.5, 0.6) is 0 Å². The minimum atomic E-state index is -3.20. The standard InChI is InChI=1S/C22H36N4O3S.HI/c1-18-6-4-5-7-19(18)16-26-12-8-20(9-13-26)25-21(23-2)24-17-22(30(3,27)28)10-14-29-15-11-22;/h4-7,20H,8-17H2,1-3H3,(H2,23,24,25);1H. The van der Waals surface area contributed by atoms with Crippen molar-refractivity contribution in [1.82, 2.24) is 15.5 Å². The van der Waals surface area contributed by atoms with E-state index in [1.54, 1.807) is 7.05 Å². The molecule has 0 aliphatic carbocycles. The van der Waals surface area contributed by atoms with E-state index in [0.29, 0.717) is 44.6 Å². The average Bonchev–Trinajstić information content (AvgIpc) is 2.74. The zero-order chi connectivity index (χ0) is 21.6. The monoisotopic (exact) mass is 564 g/mol. The Bertz CT molecular complexity index is 833. The third kappa shape index (κ3) is 7.03. The predicted molar refractivity (Wildman–Crippen MR) is 137 cm³/mol. The lowest BCUT2D eigenvalue weighted by molar-refractivity contribution is 0.0756. The van der Waals surface area contributed by atoms with Gasteiger partial charge in [-0.15, -0.1) is 24.0 Å². The molecular formula is C22H37IN4O3S. The first-order valence-corrected chi connectivity index (χ1v) is 12.7. The van der Waals surface area contributed by atoms with Crippen molar-refractivity contribution in [2.24, 2.45) is 4.99 Å². The van der Waals surface area contributed by atoms with E-state index >= 15 is 0 Å². The van der Waals surface area contributed by atoms with Crippen LogP contribution in [0.15, 0.2) is 29.3 Å². The predicted octanol–water partition coefficient (Wildman–Crippen LogP) is 2.34. The number of halogens is 1. The molecule has 9 heteroatoms. The van der Waals surface area contributed by atoms with Gasteiger partial charge < -0.3 is 15.4 Å². The summed E-state index contributed by atoms with van der Waals surface area (Å²) in [5.74, 6) is 0.682. The summed E-state index contributed by atoms with van der Waals surface area (Å²) in [7, 11) is -1.46. The first-order chi connectivity index (χ1) is 14.3. The number of rotatable bonds is 6. The van der Waals surface area contributed by atoms with E-state index in [1.165, 1.54) is 17.4 Å². The van der Waals surface area contributed by atoms with Gasteiger partial charge >= 0.3 is 0 Å². The van der Waals surface area contributed by atoms with Crippen molar-refractivity contribution in [2.75, 3.05) is 46.2 Å². The second kappa shape index (κ2) is 11.8. The van der Waals surface area contributed by atoms with E-state index in [1.807, 2.05) is 0 Å². The minimum absolute atomic E-state index is 0. The molecule has 176 valence electrons. The molecule has 1 aromatic rings. The lowest BCUT2D eigenvalue weighted by Gasteiger charge is -2.37. The Balaban J connectivity index is 0.00000341. The number of sulfone groups is 1. The van der Waals surface area contributed by atoms with Crippen LogP contribution in [0.3, 0.4) is 0 Å². The molecule has 2 N–H and O–H groups in total. The molecule has 0 radical (unpaired) electrons. The number of nitrogens with one attached hydrogen (secondary N) is 2. The molecule has 2 aliphatic rings. The van der Waals surface area contributed by atoms with Gasteiger partial charge in [-0.3, -0.25) is 9.89 Å². The molecule has 0 bridgehead atoms. The van der Waals surface area contributed by atoms with Gasteiger partial charge in [-0.2, -0.15) is 0 Å². The highest BCUT2D eigenvalue weighted by molar-refractivity contribution is 14.0. The number of benzene rings is 1. The van der Waals surface area contributed by atoms with E-state index in [9.17, 15) is 8.42 Å². The molecule has 7 nitrogen and oxygen atoms in total.